The van der Waals surface area contributed by atoms with Gasteiger partial charge in [-0.1, -0.05) is 26.7 Å². The third-order valence-corrected chi connectivity index (χ3v) is 3.36. The fourth-order valence-electron chi connectivity index (χ4n) is 2.26. The molecule has 0 saturated heterocycles. The highest BCUT2D eigenvalue weighted by molar-refractivity contribution is 5.49. The van der Waals surface area contributed by atoms with Crippen LogP contribution in [0.5, 0.6) is 11.8 Å². The Kier molecular flexibility index (Phi) is 4.88. The zero-order chi connectivity index (χ0) is 13.7. The maximum Gasteiger partial charge on any atom is 0.240 e. The number of ether oxygens (including phenoxy) is 2. The molecule has 0 spiro atoms. The SMILES string of the molecule is CC(C)COc1nc(OCC2CCCC2)ccc1N. The summed E-state index contributed by atoms with van der Waals surface area (Å²) in [6.07, 6.45) is 5.19. The van der Waals surface area contributed by atoms with Crippen LogP contribution in [0, 0.1) is 11.8 Å². The first-order valence-electron chi connectivity index (χ1n) is 7.17. The minimum Gasteiger partial charge on any atom is -0.477 e. The highest BCUT2D eigenvalue weighted by Gasteiger charge is 2.16. The third kappa shape index (κ3) is 4.30. The summed E-state index contributed by atoms with van der Waals surface area (Å²) >= 11 is 0. The predicted molar refractivity (Wildman–Crippen MR) is 76.4 cm³/mol. The molecule has 1 heterocycles. The third-order valence-electron chi connectivity index (χ3n) is 3.36. The van der Waals surface area contributed by atoms with Gasteiger partial charge >= 0.3 is 0 Å². The van der Waals surface area contributed by atoms with Crippen LogP contribution in [-0.4, -0.2) is 18.2 Å². The molecule has 0 atom stereocenters. The summed E-state index contributed by atoms with van der Waals surface area (Å²) < 4.78 is 11.3. The number of pyridine rings is 1. The second-order valence-electron chi connectivity index (χ2n) is 5.71. The van der Waals surface area contributed by atoms with Crippen molar-refractivity contribution >= 4 is 5.69 Å². The largest absolute Gasteiger partial charge is 0.477 e. The maximum absolute atomic E-state index is 5.85. The first kappa shape index (κ1) is 14.0. The average molecular weight is 264 g/mol. The zero-order valence-corrected chi connectivity index (χ0v) is 11.9. The Balaban J connectivity index is 1.91. The summed E-state index contributed by atoms with van der Waals surface area (Å²) in [4.78, 5) is 4.34. The number of rotatable bonds is 6. The lowest BCUT2D eigenvalue weighted by atomic mass is 10.1. The minimum atomic E-state index is 0.448. The minimum absolute atomic E-state index is 0.448. The molecular formula is C15H24N2O2. The summed E-state index contributed by atoms with van der Waals surface area (Å²) in [5.41, 5.74) is 6.41. The second-order valence-corrected chi connectivity index (χ2v) is 5.71. The van der Waals surface area contributed by atoms with Gasteiger partial charge in [-0.3, -0.25) is 0 Å². The van der Waals surface area contributed by atoms with Crippen molar-refractivity contribution in [1.29, 1.82) is 0 Å². The Morgan fingerprint density at radius 2 is 2.00 bits per heavy atom. The molecule has 106 valence electrons. The van der Waals surface area contributed by atoms with E-state index in [-0.39, 0.29) is 0 Å². The van der Waals surface area contributed by atoms with E-state index in [1.54, 1.807) is 6.07 Å². The van der Waals surface area contributed by atoms with E-state index >= 15 is 0 Å². The van der Waals surface area contributed by atoms with Crippen LogP contribution in [0.1, 0.15) is 39.5 Å². The molecule has 4 nitrogen and oxygen atoms in total. The van der Waals surface area contributed by atoms with Gasteiger partial charge in [-0.25, -0.2) is 0 Å². The molecular weight excluding hydrogens is 240 g/mol. The van der Waals surface area contributed by atoms with Crippen LogP contribution in [0.25, 0.3) is 0 Å². The number of nitrogen functional groups attached to an aromatic ring is 1. The molecule has 19 heavy (non-hydrogen) atoms. The monoisotopic (exact) mass is 264 g/mol. The number of hydrogen-bond donors (Lipinski definition) is 1. The standard InChI is InChI=1S/C15H24N2O2/c1-11(2)9-19-15-13(16)7-8-14(17-15)18-10-12-5-3-4-6-12/h7-8,11-12H,3-6,9-10,16H2,1-2H3. The quantitative estimate of drug-likeness (QED) is 0.856. The first-order chi connectivity index (χ1) is 9.15. The van der Waals surface area contributed by atoms with Gasteiger partial charge in [-0.2, -0.15) is 4.98 Å². The van der Waals surface area contributed by atoms with Crippen molar-refractivity contribution in [1.82, 2.24) is 4.98 Å². The molecule has 1 aliphatic carbocycles. The molecule has 1 aliphatic rings. The van der Waals surface area contributed by atoms with Crippen molar-refractivity contribution in [2.75, 3.05) is 18.9 Å². The summed E-state index contributed by atoms with van der Waals surface area (Å²) in [7, 11) is 0. The smallest absolute Gasteiger partial charge is 0.240 e. The molecule has 0 aromatic carbocycles. The van der Waals surface area contributed by atoms with E-state index in [0.29, 0.717) is 35.9 Å². The van der Waals surface area contributed by atoms with Gasteiger partial charge in [0.1, 0.15) is 0 Å². The lowest BCUT2D eigenvalue weighted by Gasteiger charge is -2.13. The van der Waals surface area contributed by atoms with Crippen LogP contribution < -0.4 is 15.2 Å². The highest BCUT2D eigenvalue weighted by Crippen LogP contribution is 2.27. The van der Waals surface area contributed by atoms with E-state index < -0.39 is 0 Å². The van der Waals surface area contributed by atoms with E-state index in [2.05, 4.69) is 18.8 Å². The van der Waals surface area contributed by atoms with E-state index in [4.69, 9.17) is 15.2 Å². The molecule has 0 amide bonds. The number of anilines is 1. The molecule has 1 fully saturated rings. The molecule has 1 aromatic rings. The topological polar surface area (TPSA) is 57.4 Å². The Labute approximate surface area is 115 Å². The Hall–Kier alpha value is -1.45. The molecule has 0 aliphatic heterocycles. The summed E-state index contributed by atoms with van der Waals surface area (Å²) in [6.45, 7) is 5.55. The van der Waals surface area contributed by atoms with E-state index in [0.717, 1.165) is 6.61 Å². The van der Waals surface area contributed by atoms with Crippen molar-refractivity contribution in [3.05, 3.63) is 12.1 Å². The first-order valence-corrected chi connectivity index (χ1v) is 7.17. The Bertz CT molecular complexity index is 401. The summed E-state index contributed by atoms with van der Waals surface area (Å²) in [5.74, 6) is 2.22. The van der Waals surface area contributed by atoms with Gasteiger partial charge in [-0.05, 0) is 30.7 Å². The van der Waals surface area contributed by atoms with E-state index in [1.807, 2.05) is 6.07 Å². The van der Waals surface area contributed by atoms with Crippen LogP contribution in [0.2, 0.25) is 0 Å². The normalized spacial score (nSPS) is 15.9. The average Bonchev–Trinajstić information content (AvgIpc) is 2.89. The number of nitrogens with two attached hydrogens (primary N) is 1. The van der Waals surface area contributed by atoms with Crippen molar-refractivity contribution in [3.63, 3.8) is 0 Å². The van der Waals surface area contributed by atoms with Crippen molar-refractivity contribution < 1.29 is 9.47 Å². The Morgan fingerprint density at radius 1 is 1.26 bits per heavy atom. The fourth-order valence-corrected chi connectivity index (χ4v) is 2.26. The number of nitrogens with zero attached hydrogens (tertiary/aromatic N) is 1. The Morgan fingerprint density at radius 3 is 2.68 bits per heavy atom. The lowest BCUT2D eigenvalue weighted by molar-refractivity contribution is 0.231. The summed E-state index contributed by atoms with van der Waals surface area (Å²) in [5, 5.41) is 0. The van der Waals surface area contributed by atoms with Gasteiger partial charge in [0.25, 0.3) is 0 Å². The molecule has 0 bridgehead atoms. The fraction of sp³-hybridized carbons (Fsp3) is 0.667. The highest BCUT2D eigenvalue weighted by atomic mass is 16.5. The van der Waals surface area contributed by atoms with Crippen molar-refractivity contribution in [2.45, 2.75) is 39.5 Å². The van der Waals surface area contributed by atoms with E-state index in [1.165, 1.54) is 25.7 Å². The zero-order valence-electron chi connectivity index (χ0n) is 11.9. The molecule has 2 N–H and O–H groups in total. The van der Waals surface area contributed by atoms with Crippen LogP contribution in [-0.2, 0) is 0 Å². The van der Waals surface area contributed by atoms with Gasteiger partial charge in [0, 0.05) is 6.07 Å². The van der Waals surface area contributed by atoms with Gasteiger partial charge < -0.3 is 15.2 Å². The maximum atomic E-state index is 5.85. The van der Waals surface area contributed by atoms with Crippen molar-refractivity contribution in [2.24, 2.45) is 11.8 Å². The summed E-state index contributed by atoms with van der Waals surface area (Å²) in [6, 6.07) is 3.61. The van der Waals surface area contributed by atoms with Crippen LogP contribution in [0.3, 0.4) is 0 Å². The van der Waals surface area contributed by atoms with Crippen LogP contribution in [0.15, 0.2) is 12.1 Å². The molecule has 1 saturated carbocycles. The van der Waals surface area contributed by atoms with E-state index in [9.17, 15) is 0 Å². The number of hydrogen-bond acceptors (Lipinski definition) is 4. The van der Waals surface area contributed by atoms with Gasteiger partial charge in [0.05, 0.1) is 18.9 Å². The predicted octanol–water partition coefficient (Wildman–Crippen LogP) is 3.27. The molecule has 4 heteroatoms. The van der Waals surface area contributed by atoms with Gasteiger partial charge in [-0.15, -0.1) is 0 Å². The van der Waals surface area contributed by atoms with Crippen LogP contribution in [0.4, 0.5) is 5.69 Å². The number of aromatic nitrogens is 1. The molecule has 1 aromatic heterocycles. The molecule has 0 radical (unpaired) electrons. The second kappa shape index (κ2) is 6.64. The van der Waals surface area contributed by atoms with Gasteiger partial charge in [0.2, 0.25) is 11.8 Å². The van der Waals surface area contributed by atoms with Crippen molar-refractivity contribution in [3.8, 4) is 11.8 Å². The lowest BCUT2D eigenvalue weighted by Crippen LogP contribution is -2.11. The van der Waals surface area contributed by atoms with Crippen LogP contribution >= 0.6 is 0 Å². The van der Waals surface area contributed by atoms with Gasteiger partial charge in [0.15, 0.2) is 0 Å². The molecule has 2 rings (SSSR count). The molecule has 0 unspecified atom stereocenters.